The highest BCUT2D eigenvalue weighted by molar-refractivity contribution is 7.51. The van der Waals surface area contributed by atoms with Gasteiger partial charge in [0.15, 0.2) is 6.10 Å². The minimum atomic E-state index is -4.02. The molecule has 0 amide bonds. The first kappa shape index (κ1) is 29.0. The molecule has 1 fully saturated rings. The van der Waals surface area contributed by atoms with E-state index in [0.717, 1.165) is 40.7 Å². The maximum absolute atomic E-state index is 14.7. The van der Waals surface area contributed by atoms with Gasteiger partial charge in [0.2, 0.25) is 6.23 Å². The Morgan fingerprint density at radius 2 is 1.95 bits per heavy atom. The van der Waals surface area contributed by atoms with Crippen LogP contribution >= 0.6 is 7.60 Å². The van der Waals surface area contributed by atoms with E-state index < -0.39 is 56.6 Å². The summed E-state index contributed by atoms with van der Waals surface area (Å²) >= 11 is 0. The highest BCUT2D eigenvalue weighted by Crippen LogP contribution is 2.44. The predicted octanol–water partition coefficient (Wildman–Crippen LogP) is 2.07. The first-order chi connectivity index (χ1) is 18.1. The molecule has 4 heterocycles. The van der Waals surface area contributed by atoms with Gasteiger partial charge in [-0.05, 0) is 44.0 Å². The fourth-order valence-corrected chi connectivity index (χ4v) is 4.84. The van der Waals surface area contributed by atoms with E-state index in [1.807, 2.05) is 38.5 Å². The Morgan fingerprint density at radius 1 is 1.26 bits per heavy atom. The van der Waals surface area contributed by atoms with Crippen LogP contribution < -0.4 is 5.69 Å². The molecule has 4 rings (SSSR count). The molecule has 15 heteroatoms. The third kappa shape index (κ3) is 5.80. The quantitative estimate of drug-likeness (QED) is 0.304. The number of aliphatic hydroxyl groups excluding tert-OH is 1. The average Bonchev–Trinajstić information content (AvgIpc) is 3.27. The molecule has 3 aromatic heterocycles. The molecule has 12 nitrogen and oxygen atoms in total. The third-order valence-electron chi connectivity index (χ3n) is 6.77. The van der Waals surface area contributed by atoms with Gasteiger partial charge in [0.25, 0.3) is 0 Å². The van der Waals surface area contributed by atoms with Crippen LogP contribution in [0.3, 0.4) is 0 Å². The van der Waals surface area contributed by atoms with Gasteiger partial charge in [-0.3, -0.25) is 18.9 Å². The number of esters is 1. The van der Waals surface area contributed by atoms with Gasteiger partial charge in [-0.2, -0.15) is 13.8 Å². The van der Waals surface area contributed by atoms with E-state index in [1.165, 1.54) is 6.07 Å². The smallest absolute Gasteiger partial charge is 0.350 e. The summed E-state index contributed by atoms with van der Waals surface area (Å²) in [7, 11) is -2.17. The summed E-state index contributed by atoms with van der Waals surface area (Å²) in [5.74, 6) is -4.62. The van der Waals surface area contributed by atoms with Crippen molar-refractivity contribution in [3.05, 3.63) is 57.0 Å². The Balaban J connectivity index is 1.43. The van der Waals surface area contributed by atoms with Crippen molar-refractivity contribution >= 4 is 24.6 Å². The lowest BCUT2D eigenvalue weighted by Crippen LogP contribution is -2.42. The normalized spacial score (nSPS) is 22.2. The number of fused-ring (bicyclic) bond motifs is 1. The lowest BCUT2D eigenvalue weighted by atomic mass is 10.1. The summed E-state index contributed by atoms with van der Waals surface area (Å²) in [5, 5.41) is 9.94. The molecule has 1 aliphatic rings. The minimum absolute atomic E-state index is 0.0176. The summed E-state index contributed by atoms with van der Waals surface area (Å²) in [6.45, 7) is 5.91. The first-order valence-corrected chi connectivity index (χ1v) is 13.9. The fourth-order valence-electron chi connectivity index (χ4n) is 4.42. The second kappa shape index (κ2) is 10.5. The van der Waals surface area contributed by atoms with Gasteiger partial charge >= 0.3 is 25.2 Å². The van der Waals surface area contributed by atoms with Crippen LogP contribution in [0, 0.1) is 20.8 Å². The number of rotatable bonds is 8. The molecule has 0 aliphatic carbocycles. The molecule has 1 unspecified atom stereocenters. The summed E-state index contributed by atoms with van der Waals surface area (Å²) in [5.41, 5.74) is 4.30. The fraction of sp³-hybridized carbons (Fsp3) is 0.500. The Labute approximate surface area is 221 Å². The van der Waals surface area contributed by atoms with Crippen molar-refractivity contribution in [1.29, 1.82) is 0 Å². The predicted molar refractivity (Wildman–Crippen MR) is 133 cm³/mol. The van der Waals surface area contributed by atoms with Crippen molar-refractivity contribution in [2.24, 2.45) is 7.05 Å². The Hall–Kier alpha value is -3.03. The highest BCUT2D eigenvalue weighted by Gasteiger charge is 2.60. The van der Waals surface area contributed by atoms with Crippen molar-refractivity contribution in [2.75, 3.05) is 13.3 Å². The van der Waals surface area contributed by atoms with Gasteiger partial charge in [-0.25, -0.2) is 4.79 Å². The van der Waals surface area contributed by atoms with Crippen LogP contribution in [0.15, 0.2) is 23.1 Å². The number of hydrogen-bond donors (Lipinski definition) is 2. The number of carbonyl (C=O) groups excluding carboxylic acids is 1. The van der Waals surface area contributed by atoms with Crippen molar-refractivity contribution in [3.8, 4) is 0 Å². The van der Waals surface area contributed by atoms with Gasteiger partial charge in [0, 0.05) is 25.6 Å². The topological polar surface area (TPSA) is 155 Å². The second-order valence-electron chi connectivity index (χ2n) is 9.57. The lowest BCUT2D eigenvalue weighted by Gasteiger charge is -2.21. The largest absolute Gasteiger partial charge is 0.459 e. The molecule has 0 saturated carbocycles. The first-order valence-electron chi connectivity index (χ1n) is 11.9. The molecule has 2 N–H and O–H groups in total. The van der Waals surface area contributed by atoms with Crippen molar-refractivity contribution < 1.29 is 42.1 Å². The van der Waals surface area contributed by atoms with E-state index in [4.69, 9.17) is 9.47 Å². The molecule has 0 aromatic carbocycles. The zero-order valence-corrected chi connectivity index (χ0v) is 22.8. The summed E-state index contributed by atoms with van der Waals surface area (Å²) in [4.78, 5) is 42.4. The number of aliphatic hydroxyl groups is 1. The Morgan fingerprint density at radius 3 is 2.59 bits per heavy atom. The molecule has 0 bridgehead atoms. The molecule has 1 aliphatic heterocycles. The van der Waals surface area contributed by atoms with Gasteiger partial charge in [-0.15, -0.1) is 0 Å². The van der Waals surface area contributed by atoms with E-state index in [-0.39, 0.29) is 12.3 Å². The summed E-state index contributed by atoms with van der Waals surface area (Å²) < 4.78 is 58.0. The maximum atomic E-state index is 14.7. The van der Waals surface area contributed by atoms with Gasteiger partial charge in [0.05, 0.1) is 35.4 Å². The van der Waals surface area contributed by atoms with Crippen molar-refractivity contribution in [1.82, 2.24) is 19.1 Å². The zero-order valence-electron chi connectivity index (χ0n) is 21.9. The van der Waals surface area contributed by atoms with E-state index >= 15 is 0 Å². The number of nitrogens with zero attached hydrogens (tertiary/aromatic N) is 4. The number of alkyl halides is 2. The van der Waals surface area contributed by atoms with Gasteiger partial charge < -0.3 is 28.6 Å². The summed E-state index contributed by atoms with van der Waals surface area (Å²) in [6, 6.07) is 3.01. The molecule has 4 atom stereocenters. The van der Waals surface area contributed by atoms with E-state index in [0.29, 0.717) is 10.3 Å². The van der Waals surface area contributed by atoms with Gasteiger partial charge in [-0.1, -0.05) is 0 Å². The van der Waals surface area contributed by atoms with Crippen molar-refractivity contribution in [3.63, 3.8) is 0 Å². The molecule has 1 saturated heterocycles. The zero-order chi connectivity index (χ0) is 28.9. The third-order valence-corrected chi connectivity index (χ3v) is 7.39. The van der Waals surface area contributed by atoms with E-state index in [9.17, 15) is 32.9 Å². The number of ether oxygens (including phenoxy) is 2. The van der Waals surface area contributed by atoms with Crippen LogP contribution in [0.2, 0.25) is 0 Å². The van der Waals surface area contributed by atoms with E-state index in [2.05, 4.69) is 14.5 Å². The molecular formula is C24H29F2N4O8P. The number of hydrogen-bond acceptors (Lipinski definition) is 9. The van der Waals surface area contributed by atoms with Crippen LogP contribution in [0.25, 0.3) is 11.0 Å². The minimum Gasteiger partial charge on any atom is -0.459 e. The Kier molecular flexibility index (Phi) is 7.80. The molecule has 0 spiro atoms. The number of carbonyl (C=O) groups is 1. The number of pyridine rings is 1. The van der Waals surface area contributed by atoms with Crippen LogP contribution in [-0.2, 0) is 43.4 Å². The molecule has 0 radical (unpaired) electrons. The standard InChI is InChI=1S/C24H29F2N4O8P/c1-12-13(2)20-17(27-14(12)3)9-16(29(20)4)10-36-19(31)8-15-6-7-30(23(33)28-15)22-24(25,26)21(32)18(38-22)11-37-39(5,34)35/h6-7,9,18,21-22,32H,8,10-11H2,1-5H3,(H,34,35)/t18-,21-,22-/m1/s1. The molecule has 39 heavy (non-hydrogen) atoms. The Bertz CT molecular complexity index is 1530. The van der Waals surface area contributed by atoms with Crippen LogP contribution in [-0.4, -0.2) is 66.5 Å². The molecule has 212 valence electrons. The second-order valence-corrected chi connectivity index (χ2v) is 11.4. The van der Waals surface area contributed by atoms with Crippen molar-refractivity contribution in [2.45, 2.75) is 58.2 Å². The maximum Gasteiger partial charge on any atom is 0.350 e. The number of halogens is 2. The van der Waals surface area contributed by atoms with Gasteiger partial charge in [0.1, 0.15) is 12.7 Å². The van der Waals surface area contributed by atoms with Crippen LogP contribution in [0.4, 0.5) is 8.78 Å². The highest BCUT2D eigenvalue weighted by atomic mass is 31.2. The monoisotopic (exact) mass is 570 g/mol. The number of aromatic nitrogens is 4. The van der Waals surface area contributed by atoms with Crippen LogP contribution in [0.1, 0.15) is 34.4 Å². The van der Waals surface area contributed by atoms with E-state index in [1.54, 1.807) is 0 Å². The molecule has 3 aromatic rings. The lowest BCUT2D eigenvalue weighted by molar-refractivity contribution is -0.144. The average molecular weight is 570 g/mol. The number of aryl methyl sites for hydroxylation is 3. The molecular weight excluding hydrogens is 541 g/mol. The van der Waals surface area contributed by atoms with Crippen LogP contribution in [0.5, 0.6) is 0 Å². The summed E-state index contributed by atoms with van der Waals surface area (Å²) in [6.07, 6.45) is -5.75. The SMILES string of the molecule is Cc1nc2cc(COC(=O)Cc3ccn([C@@H]4O[C@H](COP(C)(=O)O)[C@@H](O)C4(F)F)c(=O)n3)n(C)c2c(C)c1C.